The third-order valence-electron chi connectivity index (χ3n) is 5.23. The molecule has 8 heteroatoms. The van der Waals surface area contributed by atoms with Gasteiger partial charge in [0, 0.05) is 38.2 Å². The number of methoxy groups -OCH3 is 1. The third kappa shape index (κ3) is 3.60. The second-order valence-electron chi connectivity index (χ2n) is 6.99. The Morgan fingerprint density at radius 1 is 1.32 bits per heavy atom. The Balaban J connectivity index is 1.92. The topological polar surface area (TPSA) is 100 Å². The number of carbonyl (C=O) groups is 2. The average Bonchev–Trinajstić information content (AvgIpc) is 2.68. The number of phenols is 1. The Morgan fingerprint density at radius 3 is 2.61 bits per heavy atom. The molecule has 0 bridgehead atoms. The first kappa shape index (κ1) is 19.9. The lowest BCUT2D eigenvalue weighted by Gasteiger charge is -2.32. The van der Waals surface area contributed by atoms with E-state index in [1.54, 1.807) is 6.92 Å². The molecule has 1 amide bonds. The van der Waals surface area contributed by atoms with Gasteiger partial charge in [-0.05, 0) is 26.5 Å². The fraction of sp³-hybridized carbons (Fsp3) is 0.450. The molecule has 1 N–H and O–H groups in total. The summed E-state index contributed by atoms with van der Waals surface area (Å²) in [6, 6.07) is 1.36. The van der Waals surface area contributed by atoms with Crippen molar-refractivity contribution in [2.75, 3.05) is 40.3 Å². The van der Waals surface area contributed by atoms with Gasteiger partial charge in [-0.25, -0.2) is 0 Å². The van der Waals surface area contributed by atoms with Crippen LogP contribution in [-0.2, 0) is 11.2 Å². The van der Waals surface area contributed by atoms with E-state index >= 15 is 0 Å². The van der Waals surface area contributed by atoms with Crippen molar-refractivity contribution in [3.8, 4) is 11.5 Å². The highest BCUT2D eigenvalue weighted by atomic mass is 16.5. The number of likely N-dealkylation sites (N-methyl/N-ethyl adjacent to an activating group) is 1. The Kier molecular flexibility index (Phi) is 5.69. The minimum Gasteiger partial charge on any atom is -0.504 e. The lowest BCUT2D eigenvalue weighted by Crippen LogP contribution is -2.47. The van der Waals surface area contributed by atoms with E-state index in [-0.39, 0.29) is 52.2 Å². The van der Waals surface area contributed by atoms with E-state index in [4.69, 9.17) is 9.15 Å². The number of aromatic hydroxyl groups is 1. The van der Waals surface area contributed by atoms with Crippen molar-refractivity contribution in [2.45, 2.75) is 19.8 Å². The maximum Gasteiger partial charge on any atom is 0.222 e. The van der Waals surface area contributed by atoms with E-state index in [2.05, 4.69) is 4.90 Å². The summed E-state index contributed by atoms with van der Waals surface area (Å²) >= 11 is 0. The van der Waals surface area contributed by atoms with Crippen LogP contribution in [0.3, 0.4) is 0 Å². The van der Waals surface area contributed by atoms with Gasteiger partial charge in [0.1, 0.15) is 11.3 Å². The summed E-state index contributed by atoms with van der Waals surface area (Å²) in [5, 5.41) is 10.2. The van der Waals surface area contributed by atoms with Crippen molar-refractivity contribution >= 4 is 23.2 Å². The normalized spacial score (nSPS) is 15.0. The van der Waals surface area contributed by atoms with Gasteiger partial charge in [-0.2, -0.15) is 0 Å². The molecular weight excluding hydrogens is 364 g/mol. The molecule has 0 saturated carbocycles. The van der Waals surface area contributed by atoms with Crippen molar-refractivity contribution in [1.29, 1.82) is 0 Å². The van der Waals surface area contributed by atoms with Crippen LogP contribution in [0, 0.1) is 6.92 Å². The summed E-state index contributed by atoms with van der Waals surface area (Å²) in [7, 11) is 3.35. The third-order valence-corrected chi connectivity index (χ3v) is 5.23. The Hall–Kier alpha value is -2.87. The first-order valence-corrected chi connectivity index (χ1v) is 9.15. The summed E-state index contributed by atoms with van der Waals surface area (Å²) in [5.41, 5.74) is -0.0505. The van der Waals surface area contributed by atoms with Crippen LogP contribution in [0.4, 0.5) is 0 Å². The summed E-state index contributed by atoms with van der Waals surface area (Å²) in [6.07, 6.45) is 0.880. The van der Waals surface area contributed by atoms with E-state index in [1.807, 2.05) is 11.9 Å². The molecule has 0 atom stereocenters. The maximum absolute atomic E-state index is 13.0. The highest BCUT2D eigenvalue weighted by Crippen LogP contribution is 2.35. The van der Waals surface area contributed by atoms with Crippen LogP contribution in [0.2, 0.25) is 0 Å². The molecule has 0 radical (unpaired) electrons. The molecule has 1 saturated heterocycles. The number of ether oxygens (including phenoxy) is 1. The van der Waals surface area contributed by atoms with Gasteiger partial charge in [-0.15, -0.1) is 0 Å². The average molecular weight is 388 g/mol. The van der Waals surface area contributed by atoms with Crippen molar-refractivity contribution in [2.24, 2.45) is 0 Å². The fourth-order valence-electron chi connectivity index (χ4n) is 3.47. The first-order valence-electron chi connectivity index (χ1n) is 9.15. The van der Waals surface area contributed by atoms with Gasteiger partial charge < -0.3 is 24.1 Å². The number of carbonyl (C=O) groups excluding carboxylic acids is 2. The summed E-state index contributed by atoms with van der Waals surface area (Å²) in [6.45, 7) is 4.65. The second-order valence-corrected chi connectivity index (χ2v) is 6.99. The van der Waals surface area contributed by atoms with E-state index in [1.165, 1.54) is 13.2 Å². The van der Waals surface area contributed by atoms with Crippen LogP contribution in [-0.4, -0.2) is 67.4 Å². The summed E-state index contributed by atoms with van der Waals surface area (Å²) in [4.78, 5) is 40.8. The summed E-state index contributed by atoms with van der Waals surface area (Å²) < 4.78 is 10.7. The number of hydrogen-bond acceptors (Lipinski definition) is 7. The van der Waals surface area contributed by atoms with Gasteiger partial charge in [-0.3, -0.25) is 14.4 Å². The highest BCUT2D eigenvalue weighted by Gasteiger charge is 2.22. The molecule has 1 aliphatic rings. The molecule has 8 nitrogen and oxygen atoms in total. The molecule has 1 fully saturated rings. The zero-order valence-electron chi connectivity index (χ0n) is 16.3. The molecule has 28 heavy (non-hydrogen) atoms. The van der Waals surface area contributed by atoms with Gasteiger partial charge in [0.2, 0.25) is 5.91 Å². The van der Waals surface area contributed by atoms with Gasteiger partial charge >= 0.3 is 0 Å². The van der Waals surface area contributed by atoms with Gasteiger partial charge in [0.15, 0.2) is 28.8 Å². The molecule has 0 spiro atoms. The number of amides is 1. The van der Waals surface area contributed by atoms with Crippen LogP contribution in [0.15, 0.2) is 15.3 Å². The second kappa shape index (κ2) is 8.02. The molecule has 1 aromatic heterocycles. The molecule has 150 valence electrons. The van der Waals surface area contributed by atoms with Crippen LogP contribution in [0.25, 0.3) is 11.0 Å². The predicted octanol–water partition coefficient (Wildman–Crippen LogP) is 1.33. The molecule has 2 heterocycles. The fourth-order valence-corrected chi connectivity index (χ4v) is 3.47. The number of piperazine rings is 1. The molecule has 2 aromatic rings. The Labute approximate surface area is 162 Å². The number of aldehydes is 1. The van der Waals surface area contributed by atoms with Crippen molar-refractivity contribution < 1.29 is 23.8 Å². The SMILES string of the molecule is COc1cc2c(=O)c(CCC(=O)N3CCN(C)CC3)c(C)oc2c(C=O)c1O. The van der Waals surface area contributed by atoms with Crippen molar-refractivity contribution in [3.63, 3.8) is 0 Å². The standard InChI is InChI=1S/C20H24N2O6/c1-12-13(4-5-17(24)22-8-6-21(2)7-9-22)18(25)14-10-16(27-3)19(26)15(11-23)20(14)28-12/h10-11,26H,4-9H2,1-3H3. The number of phenolic OH excluding ortho intramolecular Hbond substituents is 1. The van der Waals surface area contributed by atoms with E-state index in [9.17, 15) is 19.5 Å². The largest absolute Gasteiger partial charge is 0.504 e. The number of aryl methyl sites for hydroxylation is 1. The molecule has 1 aliphatic heterocycles. The van der Waals surface area contributed by atoms with E-state index in [0.717, 1.165) is 13.1 Å². The van der Waals surface area contributed by atoms with E-state index in [0.29, 0.717) is 30.7 Å². The lowest BCUT2D eigenvalue weighted by atomic mass is 10.0. The quantitative estimate of drug-likeness (QED) is 0.772. The van der Waals surface area contributed by atoms with Crippen LogP contribution in [0.1, 0.15) is 28.1 Å². The predicted molar refractivity (Wildman–Crippen MR) is 103 cm³/mol. The van der Waals surface area contributed by atoms with Gasteiger partial charge in [0.25, 0.3) is 0 Å². The number of rotatable bonds is 5. The van der Waals surface area contributed by atoms with Crippen LogP contribution in [0.5, 0.6) is 11.5 Å². The lowest BCUT2D eigenvalue weighted by molar-refractivity contribution is -0.132. The van der Waals surface area contributed by atoms with Crippen molar-refractivity contribution in [3.05, 3.63) is 33.2 Å². The minimum absolute atomic E-state index is 0.00358. The smallest absolute Gasteiger partial charge is 0.222 e. The van der Waals surface area contributed by atoms with Gasteiger partial charge in [-0.1, -0.05) is 0 Å². The van der Waals surface area contributed by atoms with Crippen LogP contribution >= 0.6 is 0 Å². The molecule has 3 rings (SSSR count). The molecule has 1 aromatic carbocycles. The molecular formula is C20H24N2O6. The molecule has 0 aliphatic carbocycles. The minimum atomic E-state index is -0.370. The zero-order chi connectivity index (χ0) is 20.4. The monoisotopic (exact) mass is 388 g/mol. The summed E-state index contributed by atoms with van der Waals surface area (Å²) in [5.74, 6) is -0.0176. The number of nitrogens with zero attached hydrogens (tertiary/aromatic N) is 2. The maximum atomic E-state index is 13.0. The Bertz CT molecular complexity index is 973. The number of benzene rings is 1. The van der Waals surface area contributed by atoms with Crippen molar-refractivity contribution in [1.82, 2.24) is 9.80 Å². The number of fused-ring (bicyclic) bond motifs is 1. The van der Waals surface area contributed by atoms with Crippen LogP contribution < -0.4 is 10.2 Å². The van der Waals surface area contributed by atoms with E-state index < -0.39 is 0 Å². The number of hydrogen-bond donors (Lipinski definition) is 1. The molecule has 0 unspecified atom stereocenters. The first-order chi connectivity index (χ1) is 13.4. The zero-order valence-corrected chi connectivity index (χ0v) is 16.3. The van der Waals surface area contributed by atoms with Gasteiger partial charge in [0.05, 0.1) is 12.5 Å². The Morgan fingerprint density at radius 2 is 2.00 bits per heavy atom. The highest BCUT2D eigenvalue weighted by molar-refractivity contribution is 5.99.